The molecule has 1 aliphatic carbocycles. The third kappa shape index (κ3) is 2.74. The van der Waals surface area contributed by atoms with Gasteiger partial charge in [0.05, 0.1) is 17.3 Å². The number of rotatable bonds is 3. The SMILES string of the molecule is CN(C)Cc1cccc(C2=NC3=CC(N)=CC4C(=O)NNC=C2C34)c1. The highest BCUT2D eigenvalue weighted by Crippen LogP contribution is 2.42. The zero-order valence-electron chi connectivity index (χ0n) is 14.3. The van der Waals surface area contributed by atoms with Crippen molar-refractivity contribution in [3.05, 3.63) is 70.7 Å². The van der Waals surface area contributed by atoms with Crippen LogP contribution >= 0.6 is 0 Å². The molecular weight excluding hydrogens is 314 g/mol. The van der Waals surface area contributed by atoms with Crippen LogP contribution in [0.2, 0.25) is 0 Å². The number of hydrogen-bond donors (Lipinski definition) is 3. The second kappa shape index (κ2) is 5.89. The van der Waals surface area contributed by atoms with E-state index in [1.165, 1.54) is 5.56 Å². The Balaban J connectivity index is 1.78. The number of aliphatic imine (C=N–C) groups is 1. The molecule has 0 bridgehead atoms. The highest BCUT2D eigenvalue weighted by Gasteiger charge is 2.42. The first-order valence-electron chi connectivity index (χ1n) is 8.30. The van der Waals surface area contributed by atoms with Gasteiger partial charge in [-0.05, 0) is 37.9 Å². The fraction of sp³-hybridized carbons (Fsp3) is 0.263. The van der Waals surface area contributed by atoms with Crippen LogP contribution < -0.4 is 16.6 Å². The highest BCUT2D eigenvalue weighted by molar-refractivity contribution is 6.16. The average molecular weight is 335 g/mol. The highest BCUT2D eigenvalue weighted by atomic mass is 16.2. The lowest BCUT2D eigenvalue weighted by Gasteiger charge is -2.22. The fourth-order valence-electron chi connectivity index (χ4n) is 3.66. The molecule has 0 saturated heterocycles. The summed E-state index contributed by atoms with van der Waals surface area (Å²) >= 11 is 0. The van der Waals surface area contributed by atoms with Crippen LogP contribution in [0.3, 0.4) is 0 Å². The van der Waals surface area contributed by atoms with Gasteiger partial charge in [-0.15, -0.1) is 0 Å². The summed E-state index contributed by atoms with van der Waals surface area (Å²) in [6.45, 7) is 0.863. The van der Waals surface area contributed by atoms with Crippen LogP contribution in [0.25, 0.3) is 0 Å². The van der Waals surface area contributed by atoms with Gasteiger partial charge in [-0.25, -0.2) is 0 Å². The molecule has 128 valence electrons. The maximum Gasteiger partial charge on any atom is 0.246 e. The summed E-state index contributed by atoms with van der Waals surface area (Å²) in [7, 11) is 4.10. The van der Waals surface area contributed by atoms with Crippen molar-refractivity contribution < 1.29 is 4.79 Å². The Hall–Kier alpha value is -2.86. The Morgan fingerprint density at radius 3 is 2.96 bits per heavy atom. The van der Waals surface area contributed by atoms with Crippen molar-refractivity contribution in [2.24, 2.45) is 22.6 Å². The average Bonchev–Trinajstić information content (AvgIpc) is 2.83. The Bertz CT molecular complexity index is 862. The van der Waals surface area contributed by atoms with Gasteiger partial charge in [0, 0.05) is 35.5 Å². The van der Waals surface area contributed by atoms with Crippen LogP contribution in [0.5, 0.6) is 0 Å². The number of nitrogens with two attached hydrogens (primary N) is 1. The van der Waals surface area contributed by atoms with E-state index >= 15 is 0 Å². The van der Waals surface area contributed by atoms with E-state index in [9.17, 15) is 4.79 Å². The summed E-state index contributed by atoms with van der Waals surface area (Å²) in [5.41, 5.74) is 17.2. The van der Waals surface area contributed by atoms with Crippen LogP contribution in [0.15, 0.2) is 64.6 Å². The number of carbonyl (C=O) groups is 1. The third-order valence-electron chi connectivity index (χ3n) is 4.64. The van der Waals surface area contributed by atoms with Crippen molar-refractivity contribution in [2.75, 3.05) is 14.1 Å². The van der Waals surface area contributed by atoms with Crippen LogP contribution in [0.4, 0.5) is 0 Å². The minimum absolute atomic E-state index is 0.0881. The van der Waals surface area contributed by atoms with E-state index in [1.807, 2.05) is 38.5 Å². The monoisotopic (exact) mass is 335 g/mol. The molecule has 2 heterocycles. The molecule has 6 heteroatoms. The van der Waals surface area contributed by atoms with Crippen molar-refractivity contribution in [2.45, 2.75) is 6.54 Å². The lowest BCUT2D eigenvalue weighted by Crippen LogP contribution is -2.38. The van der Waals surface area contributed by atoms with E-state index in [0.717, 1.165) is 29.1 Å². The first-order chi connectivity index (χ1) is 12.0. The normalized spacial score (nSPS) is 24.4. The number of allylic oxidation sites excluding steroid dienone is 2. The van der Waals surface area contributed by atoms with Crippen molar-refractivity contribution in [1.82, 2.24) is 15.8 Å². The van der Waals surface area contributed by atoms with Crippen molar-refractivity contribution >= 4 is 11.6 Å². The molecule has 4 rings (SSSR count). The van der Waals surface area contributed by atoms with Gasteiger partial charge >= 0.3 is 0 Å². The predicted molar refractivity (Wildman–Crippen MR) is 97.1 cm³/mol. The molecule has 3 aliphatic rings. The van der Waals surface area contributed by atoms with Gasteiger partial charge in [0.25, 0.3) is 0 Å². The second-order valence-electron chi connectivity index (χ2n) is 6.87. The quantitative estimate of drug-likeness (QED) is 0.771. The maximum absolute atomic E-state index is 12.3. The molecule has 0 saturated carbocycles. The van der Waals surface area contributed by atoms with E-state index in [-0.39, 0.29) is 17.7 Å². The molecule has 1 amide bonds. The Morgan fingerprint density at radius 1 is 1.32 bits per heavy atom. The van der Waals surface area contributed by atoms with E-state index < -0.39 is 0 Å². The van der Waals surface area contributed by atoms with Crippen molar-refractivity contribution in [3.8, 4) is 0 Å². The van der Waals surface area contributed by atoms with Gasteiger partial charge in [-0.1, -0.05) is 18.2 Å². The number of hydrazine groups is 1. The Labute approximate surface area is 146 Å². The minimum atomic E-state index is -0.340. The summed E-state index contributed by atoms with van der Waals surface area (Å²) in [4.78, 5) is 19.3. The minimum Gasteiger partial charge on any atom is -0.399 e. The summed E-state index contributed by atoms with van der Waals surface area (Å²) < 4.78 is 0. The predicted octanol–water partition coefficient (Wildman–Crippen LogP) is 1.04. The first-order valence-corrected chi connectivity index (χ1v) is 8.30. The number of hydrogen-bond acceptors (Lipinski definition) is 5. The van der Waals surface area contributed by atoms with Gasteiger partial charge in [-0.2, -0.15) is 0 Å². The van der Waals surface area contributed by atoms with Crippen molar-refractivity contribution in [3.63, 3.8) is 0 Å². The number of carbonyl (C=O) groups excluding carboxylic acids is 1. The van der Waals surface area contributed by atoms with Gasteiger partial charge in [0.1, 0.15) is 0 Å². The summed E-state index contributed by atoms with van der Waals surface area (Å²) in [6.07, 6.45) is 5.52. The van der Waals surface area contributed by atoms with E-state index in [0.29, 0.717) is 5.70 Å². The van der Waals surface area contributed by atoms with Crippen LogP contribution in [-0.4, -0.2) is 30.6 Å². The van der Waals surface area contributed by atoms with Crippen LogP contribution in [0.1, 0.15) is 11.1 Å². The lowest BCUT2D eigenvalue weighted by molar-refractivity contribution is -0.124. The molecule has 0 aromatic heterocycles. The molecule has 2 aliphatic heterocycles. The Morgan fingerprint density at radius 2 is 2.16 bits per heavy atom. The molecule has 4 N–H and O–H groups in total. The summed E-state index contributed by atoms with van der Waals surface area (Å²) in [6, 6.07) is 8.37. The zero-order chi connectivity index (χ0) is 17.6. The Kier molecular flexibility index (Phi) is 3.69. The topological polar surface area (TPSA) is 82.8 Å². The molecule has 0 spiro atoms. The largest absolute Gasteiger partial charge is 0.399 e. The molecule has 6 nitrogen and oxygen atoms in total. The molecule has 0 fully saturated rings. The first kappa shape index (κ1) is 15.7. The molecule has 2 atom stereocenters. The number of nitrogens with zero attached hydrogens (tertiary/aromatic N) is 2. The molecule has 1 aromatic carbocycles. The summed E-state index contributed by atoms with van der Waals surface area (Å²) in [5, 5.41) is 0. The number of nitrogens with one attached hydrogen (secondary N) is 2. The fourth-order valence-corrected chi connectivity index (χ4v) is 3.66. The van der Waals surface area contributed by atoms with Gasteiger partial charge < -0.3 is 16.1 Å². The van der Waals surface area contributed by atoms with Crippen molar-refractivity contribution in [1.29, 1.82) is 0 Å². The van der Waals surface area contributed by atoms with Crippen LogP contribution in [0, 0.1) is 11.8 Å². The molecule has 25 heavy (non-hydrogen) atoms. The van der Waals surface area contributed by atoms with E-state index in [2.05, 4.69) is 34.0 Å². The van der Waals surface area contributed by atoms with Gasteiger partial charge in [0.2, 0.25) is 5.91 Å². The smallest absolute Gasteiger partial charge is 0.246 e. The molecule has 1 aromatic rings. The number of benzene rings is 1. The lowest BCUT2D eigenvalue weighted by atomic mass is 9.79. The standard InChI is InChI=1S/C19H21N5O/c1-24(2)10-11-4-3-5-12(6-11)18-15-9-21-23-19(25)14-7-13(20)8-16(22-18)17(14)15/h3-9,14,17,21H,10,20H2,1-2H3,(H,23,25). The van der Waals surface area contributed by atoms with Crippen LogP contribution in [-0.2, 0) is 11.3 Å². The molecular formula is C19H21N5O. The third-order valence-corrected chi connectivity index (χ3v) is 4.64. The number of amides is 1. The van der Waals surface area contributed by atoms with Gasteiger partial charge in [-0.3, -0.25) is 15.2 Å². The molecule has 0 radical (unpaired) electrons. The van der Waals surface area contributed by atoms with E-state index in [4.69, 9.17) is 10.7 Å². The maximum atomic E-state index is 12.3. The van der Waals surface area contributed by atoms with E-state index in [1.54, 1.807) is 0 Å². The molecule has 2 unspecified atom stereocenters. The zero-order valence-corrected chi connectivity index (χ0v) is 14.3. The second-order valence-corrected chi connectivity index (χ2v) is 6.87. The van der Waals surface area contributed by atoms with Gasteiger partial charge in [0.15, 0.2) is 0 Å². The summed E-state index contributed by atoms with van der Waals surface area (Å²) in [5.74, 6) is -0.523.